The fraction of sp³-hybridized carbons (Fsp3) is 1.00. The molecule has 0 saturated carbocycles. The van der Waals surface area contributed by atoms with Crippen LogP contribution in [0.2, 0.25) is 0 Å². The standard InChI is InChI=1S/C80H130O65/c81-1-18-34(84)63(113)79(130-18)145-64-48(98)32(143-66-50(100)33(83)17(82)2-116-66)16-129-80(64)144-31-15-128-78(62(112)47(31)97)142-30-14-127-77(61(111)46(30)96)141-29-13-126-76(60(110)45(29)95)140-28-12-125-75(59(109)44(28)94)139-27-11-124-74(58(108)43(27)93)138-26-10-123-73(57(107)42(26)92)137-25-9-122-72(56(106)41(25)91)136-24-8-121-71(55(105)40(24)90)135-23-7-120-70(54(104)39(23)89)134-22-6-119-69(53(103)38(22)88)133-21-5-118-68(52(102)37(21)87)132-20-4-117-67(51(101)36(20)86)131-19-3-115-65(114)49(99)35(19)85/h17-114H,1-16H2/t17-,18+,19-,20-,21-,22-,23-,24-,25-,26-,27-,28-,29-,30-,31-,32-,33+,34-,35+,36+,37+,38+,39+,40+,41+,42+,43+,44+,45+,46+,47+,48+,49?,50?,51?,52?,53?,54?,55?,56?,57?,58?,59?,60?,61?,62?,63?,64?,65-,66+,67+,68-,69-,70-,71-,72-,73-,74-,75-,76-,77-,78-,79+,80+/m1/s1. The van der Waals surface area contributed by atoms with Crippen LogP contribution in [0.1, 0.15) is 0 Å². The van der Waals surface area contributed by atoms with E-state index in [1.165, 1.54) is 0 Å². The van der Waals surface area contributed by atoms with Gasteiger partial charge in [0.15, 0.2) is 101 Å². The Balaban J connectivity index is 0.410. The van der Waals surface area contributed by atoms with Crippen LogP contribution >= 0.6 is 0 Å². The maximum absolute atomic E-state index is 11.6. The van der Waals surface area contributed by atoms with Crippen molar-refractivity contribution in [3.63, 3.8) is 0 Å². The topological polar surface area (TPSA) is 974 Å². The van der Waals surface area contributed by atoms with Gasteiger partial charge in [-0.05, 0) is 0 Å². The van der Waals surface area contributed by atoms with Gasteiger partial charge in [0.1, 0.15) is 293 Å². The summed E-state index contributed by atoms with van der Waals surface area (Å²) in [6.07, 6.45) is -112. The summed E-state index contributed by atoms with van der Waals surface area (Å²) >= 11 is 0. The summed E-state index contributed by atoms with van der Waals surface area (Å²) in [4.78, 5) is 0. The molecule has 0 radical (unpaired) electrons. The second-order valence-corrected chi connectivity index (χ2v) is 37.6. The van der Waals surface area contributed by atoms with E-state index < -0.39 is 499 Å². The van der Waals surface area contributed by atoms with Gasteiger partial charge in [-0.3, -0.25) is 0 Å². The minimum Gasteiger partial charge on any atom is -0.394 e. The van der Waals surface area contributed by atoms with Crippen molar-refractivity contribution < 1.29 is 320 Å². The van der Waals surface area contributed by atoms with E-state index >= 15 is 0 Å². The smallest absolute Gasteiger partial charge is 0.187 e. The van der Waals surface area contributed by atoms with Crippen molar-refractivity contribution in [2.45, 2.75) is 394 Å². The molecule has 145 heavy (non-hydrogen) atoms. The number of hydrogen-bond donors (Lipinski definition) is 34. The molecule has 16 heterocycles. The summed E-state index contributed by atoms with van der Waals surface area (Å²) in [5, 5.41) is 370. The molecule has 840 valence electrons. The third-order valence-corrected chi connectivity index (χ3v) is 27.6. The van der Waals surface area contributed by atoms with E-state index in [1.54, 1.807) is 0 Å². The summed E-state index contributed by atoms with van der Waals surface area (Å²) < 4.78 is 174. The molecule has 16 saturated heterocycles. The number of rotatable bonds is 31. The highest BCUT2D eigenvalue weighted by atomic mass is 16.8. The number of hydrogen-bond acceptors (Lipinski definition) is 65. The molecule has 16 unspecified atom stereocenters. The first-order valence-electron chi connectivity index (χ1n) is 46.8. The summed E-state index contributed by atoms with van der Waals surface area (Å²) in [6, 6.07) is 0. The lowest BCUT2D eigenvalue weighted by atomic mass is 10.0. The highest BCUT2D eigenvalue weighted by molar-refractivity contribution is 5.02. The molecule has 64 atom stereocenters. The van der Waals surface area contributed by atoms with Gasteiger partial charge in [0.2, 0.25) is 0 Å². The number of aliphatic hydroxyl groups excluding tert-OH is 34. The molecule has 16 rings (SSSR count). The quantitative estimate of drug-likeness (QED) is 0.0306. The zero-order valence-electron chi connectivity index (χ0n) is 76.1. The Kier molecular flexibility index (Phi) is 39.5. The number of ether oxygens (including phenoxy) is 31. The summed E-state index contributed by atoms with van der Waals surface area (Å²) in [5.41, 5.74) is 0. The first kappa shape index (κ1) is 115. The molecule has 0 aromatic heterocycles. The molecule has 16 fully saturated rings. The van der Waals surface area contributed by atoms with Crippen LogP contribution in [0.15, 0.2) is 0 Å². The van der Waals surface area contributed by atoms with E-state index in [-0.39, 0.29) is 0 Å². The van der Waals surface area contributed by atoms with Crippen molar-refractivity contribution in [1.29, 1.82) is 0 Å². The molecule has 16 aliphatic heterocycles. The van der Waals surface area contributed by atoms with Gasteiger partial charge in [0.05, 0.1) is 106 Å². The molecule has 0 spiro atoms. The molecule has 16 aliphatic rings. The maximum Gasteiger partial charge on any atom is 0.187 e. The first-order chi connectivity index (χ1) is 69.0. The van der Waals surface area contributed by atoms with Crippen LogP contribution < -0.4 is 0 Å². The second kappa shape index (κ2) is 49.9. The predicted octanol–water partition coefficient (Wildman–Crippen LogP) is -25.6. The van der Waals surface area contributed by atoms with Crippen LogP contribution in [0.4, 0.5) is 0 Å². The van der Waals surface area contributed by atoms with Crippen molar-refractivity contribution in [3.05, 3.63) is 0 Å². The Morgan fingerprint density at radius 2 is 0.290 bits per heavy atom. The van der Waals surface area contributed by atoms with E-state index in [0.29, 0.717) is 0 Å². The summed E-state index contributed by atoms with van der Waals surface area (Å²) in [5.74, 6) is 0. The Morgan fingerprint density at radius 1 is 0.138 bits per heavy atom. The van der Waals surface area contributed by atoms with E-state index in [9.17, 15) is 174 Å². The van der Waals surface area contributed by atoms with Gasteiger partial charge in [-0.2, -0.15) is 0 Å². The predicted molar refractivity (Wildman–Crippen MR) is 429 cm³/mol. The van der Waals surface area contributed by atoms with Crippen LogP contribution in [0, 0.1) is 0 Å². The average molecular weight is 2130 g/mol. The molecule has 34 N–H and O–H groups in total. The lowest BCUT2D eigenvalue weighted by molar-refractivity contribution is -0.374. The van der Waals surface area contributed by atoms with Gasteiger partial charge < -0.3 is 320 Å². The fourth-order valence-corrected chi connectivity index (χ4v) is 18.6. The largest absolute Gasteiger partial charge is 0.394 e. The van der Waals surface area contributed by atoms with Gasteiger partial charge in [-0.1, -0.05) is 0 Å². The van der Waals surface area contributed by atoms with Gasteiger partial charge in [0, 0.05) is 0 Å². The van der Waals surface area contributed by atoms with E-state index in [4.69, 9.17) is 147 Å². The Morgan fingerprint density at radius 3 is 0.483 bits per heavy atom. The molecule has 0 aliphatic carbocycles. The van der Waals surface area contributed by atoms with Gasteiger partial charge in [-0.15, -0.1) is 0 Å². The zero-order chi connectivity index (χ0) is 104. The molecular weight excluding hydrogens is 2000 g/mol. The highest BCUT2D eigenvalue weighted by Crippen LogP contribution is 2.40. The molecule has 65 nitrogen and oxygen atoms in total. The van der Waals surface area contributed by atoms with Gasteiger partial charge >= 0.3 is 0 Å². The van der Waals surface area contributed by atoms with Crippen LogP contribution in [-0.2, 0) is 147 Å². The van der Waals surface area contributed by atoms with Crippen LogP contribution in [0.5, 0.6) is 0 Å². The third kappa shape index (κ3) is 25.2. The van der Waals surface area contributed by atoms with Crippen molar-refractivity contribution >= 4 is 0 Å². The highest BCUT2D eigenvalue weighted by Gasteiger charge is 2.60. The molecule has 0 amide bonds. The van der Waals surface area contributed by atoms with Crippen molar-refractivity contribution in [2.24, 2.45) is 0 Å². The lowest BCUT2D eigenvalue weighted by Gasteiger charge is -2.46. The van der Waals surface area contributed by atoms with Crippen molar-refractivity contribution in [2.75, 3.05) is 106 Å². The molecule has 0 aromatic carbocycles. The normalized spacial score (nSPS) is 54.8. The van der Waals surface area contributed by atoms with Gasteiger partial charge in [0.25, 0.3) is 0 Å². The lowest BCUT2D eigenvalue weighted by Crippen LogP contribution is -2.64. The second-order valence-electron chi connectivity index (χ2n) is 37.6. The molecule has 0 aromatic rings. The van der Waals surface area contributed by atoms with Crippen LogP contribution in [0.3, 0.4) is 0 Å². The maximum atomic E-state index is 11.6. The van der Waals surface area contributed by atoms with E-state index in [0.717, 1.165) is 0 Å². The minimum absolute atomic E-state index is 0.417. The summed E-state index contributed by atoms with van der Waals surface area (Å²) in [6.45, 7) is -9.50. The van der Waals surface area contributed by atoms with Crippen LogP contribution in [-0.4, -0.2) is 673 Å². The van der Waals surface area contributed by atoms with Crippen molar-refractivity contribution in [1.82, 2.24) is 0 Å². The Labute approximate surface area is 817 Å². The zero-order valence-corrected chi connectivity index (χ0v) is 76.1. The molecular formula is C80H130O65. The van der Waals surface area contributed by atoms with Crippen molar-refractivity contribution in [3.8, 4) is 0 Å². The first-order valence-corrected chi connectivity index (χ1v) is 46.8. The monoisotopic (exact) mass is 2130 g/mol. The SMILES string of the molecule is OC[C@@H]1O[C@@H](OC2[C@H](O[C@@H]3CO[C@H](O[C@@H]4CO[C@H](O[C@@H]5CO[C@H](O[C@@H]6CO[C@H](O[C@@H]7CO[C@H](O[C@@H]8CO[C@H](O[C@@H]9CO[C@H](O[C@@H]%10CO[C@H](O[C@@H]%11CO[C@H](O[C@@H]%12CO[C@H](O[C@@H]%13CO[C@H](O[C@@H]%14CO[C@@H](O[C@@H]%15CO[C@@H](O)C(O)[C@H]%15O)C(O)[C@H]%14O)C(O)[C@H]%13O)C(O)[C@H]%12O)C(O)[C@H]%11O)C(O)[C@H]%10O)C(O)[C@H]9O)C(O)[C@H]8O)C(O)[C@H]7O)C(O)[C@H]6O)C(O)[C@H]5O)C(O)[C@H]4O)C(O)[C@H]3O)OC[C@@H](O[C@@H]3OC[C@@H](O)[C@H](O)C3O)[C@@H]2O)C(O)[C@@H]1O. The average Bonchev–Trinajstić information content (AvgIpc) is 0.825. The summed E-state index contributed by atoms with van der Waals surface area (Å²) in [7, 11) is 0. The molecule has 65 heteroatoms. The minimum atomic E-state index is -2.02. The Bertz CT molecular complexity index is 3830. The third-order valence-electron chi connectivity index (χ3n) is 27.6. The fourth-order valence-electron chi connectivity index (χ4n) is 18.6. The Hall–Kier alpha value is -2.60. The van der Waals surface area contributed by atoms with Gasteiger partial charge in [-0.25, -0.2) is 0 Å². The van der Waals surface area contributed by atoms with Crippen LogP contribution in [0.25, 0.3) is 0 Å². The number of aliphatic hydroxyl groups is 34. The van der Waals surface area contributed by atoms with E-state index in [2.05, 4.69) is 0 Å². The molecule has 0 bridgehead atoms. The van der Waals surface area contributed by atoms with E-state index in [1.807, 2.05) is 0 Å².